The van der Waals surface area contributed by atoms with Gasteiger partial charge in [-0.25, -0.2) is 17.5 Å². The van der Waals surface area contributed by atoms with Crippen LogP contribution in [0.25, 0.3) is 0 Å². The van der Waals surface area contributed by atoms with Gasteiger partial charge in [-0.1, -0.05) is 0 Å². The Morgan fingerprint density at radius 2 is 2.17 bits per heavy atom. The van der Waals surface area contributed by atoms with Gasteiger partial charge in [0, 0.05) is 6.54 Å². The molecule has 2 aromatic rings. The van der Waals surface area contributed by atoms with Crippen LogP contribution in [0.5, 0.6) is 5.75 Å². The lowest BCUT2D eigenvalue weighted by molar-refractivity contribution is -0.00224. The van der Waals surface area contributed by atoms with E-state index in [-0.39, 0.29) is 23.1 Å². The molecule has 1 unspecified atom stereocenters. The molecule has 1 heterocycles. The molecule has 0 bridgehead atoms. The highest BCUT2D eigenvalue weighted by Crippen LogP contribution is 2.45. The molecule has 0 radical (unpaired) electrons. The van der Waals surface area contributed by atoms with E-state index in [0.717, 1.165) is 18.9 Å². The minimum atomic E-state index is -3.98. The Bertz CT molecular complexity index is 817. The summed E-state index contributed by atoms with van der Waals surface area (Å²) in [6.45, 7) is -0.249. The van der Waals surface area contributed by atoms with Crippen molar-refractivity contribution < 1.29 is 27.1 Å². The van der Waals surface area contributed by atoms with Gasteiger partial charge >= 0.3 is 0 Å². The van der Waals surface area contributed by atoms with E-state index in [9.17, 15) is 17.9 Å². The normalized spacial score (nSPS) is 17.5. The van der Waals surface area contributed by atoms with Crippen molar-refractivity contribution in [3.05, 3.63) is 48.2 Å². The van der Waals surface area contributed by atoms with Crippen LogP contribution in [-0.4, -0.2) is 27.2 Å². The highest BCUT2D eigenvalue weighted by molar-refractivity contribution is 7.89. The maximum atomic E-state index is 13.7. The topological polar surface area (TPSA) is 88.8 Å². The summed E-state index contributed by atoms with van der Waals surface area (Å²) in [7, 11) is -2.69. The number of hydrogen-bond acceptors (Lipinski definition) is 5. The molecular weight excluding hydrogens is 337 g/mol. The van der Waals surface area contributed by atoms with Crippen molar-refractivity contribution in [2.75, 3.05) is 13.7 Å². The first-order valence-corrected chi connectivity index (χ1v) is 8.95. The number of rotatable bonds is 7. The summed E-state index contributed by atoms with van der Waals surface area (Å²) < 4.78 is 50.9. The van der Waals surface area contributed by atoms with Crippen molar-refractivity contribution in [2.24, 2.45) is 5.92 Å². The van der Waals surface area contributed by atoms with Crippen molar-refractivity contribution in [1.29, 1.82) is 0 Å². The van der Waals surface area contributed by atoms with Crippen LogP contribution in [0.15, 0.2) is 45.9 Å². The Morgan fingerprint density at radius 3 is 2.71 bits per heavy atom. The highest BCUT2D eigenvalue weighted by atomic mass is 32.2. The van der Waals surface area contributed by atoms with Gasteiger partial charge < -0.3 is 14.3 Å². The van der Waals surface area contributed by atoms with E-state index in [1.807, 2.05) is 0 Å². The summed E-state index contributed by atoms with van der Waals surface area (Å²) in [4.78, 5) is -0.238. The Balaban J connectivity index is 1.80. The van der Waals surface area contributed by atoms with Crippen molar-refractivity contribution in [1.82, 2.24) is 4.72 Å². The van der Waals surface area contributed by atoms with Crippen molar-refractivity contribution in [3.63, 3.8) is 0 Å². The lowest BCUT2D eigenvalue weighted by Crippen LogP contribution is -2.42. The maximum Gasteiger partial charge on any atom is 0.240 e. The van der Waals surface area contributed by atoms with Gasteiger partial charge in [-0.2, -0.15) is 0 Å². The van der Waals surface area contributed by atoms with Gasteiger partial charge in [0.15, 0.2) is 11.6 Å². The molecular formula is C16H18FNO5S. The molecule has 1 aliphatic rings. The van der Waals surface area contributed by atoms with Crippen molar-refractivity contribution >= 4 is 10.0 Å². The van der Waals surface area contributed by atoms with Gasteiger partial charge in [0.1, 0.15) is 11.4 Å². The molecule has 130 valence electrons. The molecule has 1 aromatic heterocycles. The maximum absolute atomic E-state index is 13.7. The third-order valence-corrected chi connectivity index (χ3v) is 5.56. The van der Waals surface area contributed by atoms with E-state index >= 15 is 0 Å². The van der Waals surface area contributed by atoms with E-state index in [4.69, 9.17) is 9.15 Å². The molecule has 24 heavy (non-hydrogen) atoms. The smallest absolute Gasteiger partial charge is 0.240 e. The van der Waals surface area contributed by atoms with Crippen LogP contribution in [0.2, 0.25) is 0 Å². The summed E-state index contributed by atoms with van der Waals surface area (Å²) in [5.74, 6) is -0.574. The zero-order valence-electron chi connectivity index (χ0n) is 13.0. The number of hydrogen-bond donors (Lipinski definition) is 2. The first-order chi connectivity index (χ1) is 11.4. The van der Waals surface area contributed by atoms with Crippen LogP contribution in [0.4, 0.5) is 4.39 Å². The summed E-state index contributed by atoms with van der Waals surface area (Å²) in [5, 5.41) is 10.8. The standard InChI is InChI=1S/C16H18FNO5S/c1-22-14-7-6-12(9-13(14)17)24(20,21)18-10-16(19,11-4-5-11)15-3-2-8-23-15/h2-3,6-9,11,18-19H,4-5,10H2,1H3. The molecule has 1 saturated carbocycles. The van der Waals surface area contributed by atoms with E-state index in [1.54, 1.807) is 12.1 Å². The van der Waals surface area contributed by atoms with Crippen LogP contribution in [-0.2, 0) is 15.6 Å². The van der Waals surface area contributed by atoms with E-state index in [1.165, 1.54) is 25.5 Å². The molecule has 2 N–H and O–H groups in total. The lowest BCUT2D eigenvalue weighted by atomic mass is 9.95. The van der Waals surface area contributed by atoms with Crippen LogP contribution >= 0.6 is 0 Å². The van der Waals surface area contributed by atoms with Crippen LogP contribution in [0.3, 0.4) is 0 Å². The molecule has 0 saturated heterocycles. The third-order valence-electron chi connectivity index (χ3n) is 4.17. The minimum absolute atomic E-state index is 0.0426. The van der Waals surface area contributed by atoms with Crippen molar-refractivity contribution in [3.8, 4) is 5.75 Å². The average Bonchev–Trinajstić information content (AvgIpc) is 3.27. The summed E-state index contributed by atoms with van der Waals surface area (Å²) >= 11 is 0. The molecule has 1 aliphatic carbocycles. The second-order valence-corrected chi connectivity index (χ2v) is 7.56. The fourth-order valence-corrected chi connectivity index (χ4v) is 3.70. The van der Waals surface area contributed by atoms with Crippen LogP contribution in [0.1, 0.15) is 18.6 Å². The number of aliphatic hydroxyl groups is 1. The highest BCUT2D eigenvalue weighted by Gasteiger charge is 2.47. The quantitative estimate of drug-likeness (QED) is 0.793. The zero-order chi connectivity index (χ0) is 17.4. The fraction of sp³-hybridized carbons (Fsp3) is 0.375. The Hall–Kier alpha value is -1.90. The van der Waals surface area contributed by atoms with Crippen molar-refractivity contribution in [2.45, 2.75) is 23.3 Å². The van der Waals surface area contributed by atoms with Crippen LogP contribution in [0, 0.1) is 11.7 Å². The van der Waals surface area contributed by atoms with Gasteiger partial charge in [-0.15, -0.1) is 0 Å². The number of sulfonamides is 1. The predicted octanol–water partition coefficient (Wildman–Crippen LogP) is 2.00. The summed E-state index contributed by atoms with van der Waals surface area (Å²) in [6, 6.07) is 6.61. The molecule has 6 nitrogen and oxygen atoms in total. The minimum Gasteiger partial charge on any atom is -0.494 e. The molecule has 0 amide bonds. The molecule has 1 atom stereocenters. The second-order valence-electron chi connectivity index (χ2n) is 5.80. The van der Waals surface area contributed by atoms with Gasteiger partial charge in [0.2, 0.25) is 10.0 Å². The zero-order valence-corrected chi connectivity index (χ0v) is 13.8. The molecule has 0 spiro atoms. The number of halogens is 1. The van der Waals surface area contributed by atoms with Gasteiger partial charge in [-0.3, -0.25) is 0 Å². The molecule has 8 heteroatoms. The van der Waals surface area contributed by atoms with Crippen LogP contribution < -0.4 is 9.46 Å². The molecule has 1 fully saturated rings. The lowest BCUT2D eigenvalue weighted by Gasteiger charge is -2.26. The first-order valence-electron chi connectivity index (χ1n) is 7.46. The SMILES string of the molecule is COc1ccc(S(=O)(=O)NCC(O)(c2ccco2)C2CC2)cc1F. The van der Waals surface area contributed by atoms with Gasteiger partial charge in [0.25, 0.3) is 0 Å². The Morgan fingerprint density at radius 1 is 1.42 bits per heavy atom. The van der Waals surface area contributed by atoms with E-state index in [0.29, 0.717) is 5.76 Å². The van der Waals surface area contributed by atoms with E-state index < -0.39 is 21.4 Å². The van der Waals surface area contributed by atoms with Gasteiger partial charge in [0.05, 0.1) is 18.3 Å². The van der Waals surface area contributed by atoms with E-state index in [2.05, 4.69) is 4.72 Å². The number of benzene rings is 1. The largest absolute Gasteiger partial charge is 0.494 e. The predicted molar refractivity (Wildman–Crippen MR) is 83.5 cm³/mol. The summed E-state index contributed by atoms with van der Waals surface area (Å²) in [5.41, 5.74) is -1.42. The Labute approximate surface area is 139 Å². The number of methoxy groups -OCH3 is 1. The number of ether oxygens (including phenoxy) is 1. The first kappa shape index (κ1) is 16.9. The molecule has 1 aromatic carbocycles. The molecule has 3 rings (SSSR count). The van der Waals surface area contributed by atoms with Gasteiger partial charge in [-0.05, 0) is 49.1 Å². The molecule has 0 aliphatic heterocycles. The Kier molecular flexibility index (Phi) is 4.37. The fourth-order valence-electron chi connectivity index (χ4n) is 2.62. The number of nitrogens with one attached hydrogen (secondary N) is 1. The third kappa shape index (κ3) is 3.17. The monoisotopic (exact) mass is 355 g/mol. The average molecular weight is 355 g/mol. The summed E-state index contributed by atoms with van der Waals surface area (Å²) in [6.07, 6.45) is 3.00. The number of furan rings is 1. The second kappa shape index (κ2) is 6.19.